The van der Waals surface area contributed by atoms with E-state index in [2.05, 4.69) is 20.8 Å². The van der Waals surface area contributed by atoms with Crippen LogP contribution in [0.1, 0.15) is 59.8 Å². The fourth-order valence-electron chi connectivity index (χ4n) is 3.09. The van der Waals surface area contributed by atoms with Gasteiger partial charge in [-0.05, 0) is 39.0 Å². The summed E-state index contributed by atoms with van der Waals surface area (Å²) in [6.45, 7) is 12.3. The number of hydrogen-bond acceptors (Lipinski definition) is 8. The maximum Gasteiger partial charge on any atom is 0.566 e. The Labute approximate surface area is 184 Å². The quantitative estimate of drug-likeness (QED) is 0.114. The molecular formula is C21H44O8Si. The summed E-state index contributed by atoms with van der Waals surface area (Å²) >= 11 is 0. The molecule has 0 aliphatic carbocycles. The van der Waals surface area contributed by atoms with E-state index < -0.39 is 20.3 Å². The second-order valence-electron chi connectivity index (χ2n) is 7.43. The Kier molecular flexibility index (Phi) is 14.6. The Bertz CT molecular complexity index is 410. The number of ether oxygens (including phenoxy) is 5. The van der Waals surface area contributed by atoms with E-state index in [1.54, 1.807) is 14.2 Å². The van der Waals surface area contributed by atoms with E-state index in [9.17, 15) is 0 Å². The third-order valence-corrected chi connectivity index (χ3v) is 8.00. The molecule has 0 bridgehead atoms. The Morgan fingerprint density at radius 3 is 1.97 bits per heavy atom. The van der Waals surface area contributed by atoms with Crippen molar-refractivity contribution in [2.45, 2.75) is 77.4 Å². The van der Waals surface area contributed by atoms with Gasteiger partial charge in [-0.15, -0.1) is 0 Å². The van der Waals surface area contributed by atoms with Crippen molar-refractivity contribution in [2.75, 3.05) is 60.5 Å². The van der Waals surface area contributed by atoms with Crippen molar-refractivity contribution in [1.82, 2.24) is 0 Å². The van der Waals surface area contributed by atoms with Crippen LogP contribution < -0.4 is 0 Å². The van der Waals surface area contributed by atoms with Crippen LogP contribution in [0.15, 0.2) is 0 Å². The molecule has 1 rings (SSSR count). The van der Waals surface area contributed by atoms with E-state index in [1.807, 2.05) is 6.92 Å². The number of unbranched alkanes of at least 4 members (excludes halogenated alkanes) is 1. The zero-order valence-electron chi connectivity index (χ0n) is 19.9. The van der Waals surface area contributed by atoms with Crippen LogP contribution in [0.3, 0.4) is 0 Å². The molecule has 0 aromatic rings. The Morgan fingerprint density at radius 1 is 0.900 bits per heavy atom. The van der Waals surface area contributed by atoms with Crippen molar-refractivity contribution in [1.29, 1.82) is 0 Å². The highest BCUT2D eigenvalue weighted by molar-refractivity contribution is 6.63. The molecular weight excluding hydrogens is 408 g/mol. The van der Waals surface area contributed by atoms with E-state index in [1.165, 1.54) is 0 Å². The first-order chi connectivity index (χ1) is 14.6. The Morgan fingerprint density at radius 2 is 1.47 bits per heavy atom. The van der Waals surface area contributed by atoms with Gasteiger partial charge in [0.15, 0.2) is 0 Å². The normalized spacial score (nSPS) is 18.0. The molecule has 0 spiro atoms. The van der Waals surface area contributed by atoms with Gasteiger partial charge in [0.2, 0.25) is 0 Å². The van der Waals surface area contributed by atoms with E-state index in [0.717, 1.165) is 38.7 Å². The van der Waals surface area contributed by atoms with E-state index >= 15 is 0 Å². The van der Waals surface area contributed by atoms with Gasteiger partial charge in [0.05, 0.1) is 13.2 Å². The lowest BCUT2D eigenvalue weighted by molar-refractivity contribution is -0.270. The molecule has 0 radical (unpaired) electrons. The van der Waals surface area contributed by atoms with Crippen LogP contribution in [0.4, 0.5) is 0 Å². The predicted octanol–water partition coefficient (Wildman–Crippen LogP) is 3.33. The van der Waals surface area contributed by atoms with Crippen molar-refractivity contribution in [3.8, 4) is 0 Å². The van der Waals surface area contributed by atoms with Gasteiger partial charge in [0.25, 0.3) is 5.41 Å². The zero-order chi connectivity index (χ0) is 22.3. The van der Waals surface area contributed by atoms with Crippen molar-refractivity contribution in [3.63, 3.8) is 0 Å². The van der Waals surface area contributed by atoms with Crippen LogP contribution in [0, 0.1) is 0 Å². The minimum Gasteiger partial charge on any atom is -0.379 e. The second kappa shape index (κ2) is 15.7. The van der Waals surface area contributed by atoms with E-state index in [-0.39, 0.29) is 0 Å². The Hall–Kier alpha value is -0.103. The summed E-state index contributed by atoms with van der Waals surface area (Å²) in [7, 11) is -0.222. The van der Waals surface area contributed by atoms with Gasteiger partial charge in [-0.2, -0.15) is 0 Å². The molecule has 1 aliphatic rings. The van der Waals surface area contributed by atoms with E-state index in [0.29, 0.717) is 45.7 Å². The third kappa shape index (κ3) is 8.44. The molecule has 0 N–H and O–H groups in total. The summed E-state index contributed by atoms with van der Waals surface area (Å²) < 4.78 is 47.6. The van der Waals surface area contributed by atoms with Crippen molar-refractivity contribution in [3.05, 3.63) is 0 Å². The summed E-state index contributed by atoms with van der Waals surface area (Å²) in [5.41, 5.74) is -1.22. The van der Waals surface area contributed by atoms with Crippen LogP contribution in [-0.4, -0.2) is 86.9 Å². The maximum absolute atomic E-state index is 6.32. The highest BCUT2D eigenvalue weighted by atomic mass is 28.4. The maximum atomic E-state index is 6.32. The lowest BCUT2D eigenvalue weighted by Gasteiger charge is -2.46. The van der Waals surface area contributed by atoms with Crippen LogP contribution in [0.5, 0.6) is 0 Å². The molecule has 0 saturated carbocycles. The van der Waals surface area contributed by atoms with Crippen molar-refractivity contribution in [2.24, 2.45) is 0 Å². The number of hydrogen-bond donors (Lipinski definition) is 0. The zero-order valence-corrected chi connectivity index (χ0v) is 20.9. The van der Waals surface area contributed by atoms with Gasteiger partial charge in [0.1, 0.15) is 12.2 Å². The highest BCUT2D eigenvalue weighted by Crippen LogP contribution is 2.35. The smallest absolute Gasteiger partial charge is 0.379 e. The molecule has 1 saturated heterocycles. The van der Waals surface area contributed by atoms with Crippen LogP contribution >= 0.6 is 0 Å². The second-order valence-corrected chi connectivity index (χ2v) is 10.3. The van der Waals surface area contributed by atoms with Gasteiger partial charge in [-0.3, -0.25) is 0 Å². The summed E-state index contributed by atoms with van der Waals surface area (Å²) in [4.78, 5) is 0. The molecule has 9 heteroatoms. The monoisotopic (exact) mass is 452 g/mol. The fraction of sp³-hybridized carbons (Fsp3) is 1.00. The molecule has 1 aliphatic heterocycles. The predicted molar refractivity (Wildman–Crippen MR) is 116 cm³/mol. The van der Waals surface area contributed by atoms with Gasteiger partial charge < -0.3 is 37.0 Å². The van der Waals surface area contributed by atoms with Crippen molar-refractivity contribution >= 4 is 8.80 Å². The van der Waals surface area contributed by atoms with Crippen molar-refractivity contribution < 1.29 is 37.0 Å². The highest BCUT2D eigenvalue weighted by Gasteiger charge is 2.67. The lowest BCUT2D eigenvalue weighted by atomic mass is 10.3. The number of rotatable bonds is 21. The summed E-state index contributed by atoms with van der Waals surface area (Å²) in [6.07, 6.45) is 4.13. The van der Waals surface area contributed by atoms with Crippen LogP contribution in [0.25, 0.3) is 0 Å². The Balaban J connectivity index is 2.85. The molecule has 2 unspecified atom stereocenters. The summed E-state index contributed by atoms with van der Waals surface area (Å²) in [5, 5.41) is 0. The first kappa shape index (κ1) is 27.9. The molecule has 0 aromatic carbocycles. The standard InChI is InChI=1S/C21H44O8Si/c1-7-12-25-19(4)21(27-13-8-2,28-14-9-3)30(22-5,23-6)29-16-11-10-15-24-17-20-18-26-20/h19-20H,7-18H2,1-6H3. The van der Waals surface area contributed by atoms with Gasteiger partial charge >= 0.3 is 8.80 Å². The minimum atomic E-state index is -3.42. The fourth-order valence-corrected chi connectivity index (χ4v) is 5.82. The summed E-state index contributed by atoms with van der Waals surface area (Å²) in [6, 6.07) is 0. The molecule has 2 atom stereocenters. The average molecular weight is 453 g/mol. The SMILES string of the molecule is CCCOC(C)C(OCCC)(OCCC)[Si](OC)(OC)OCCCCOCC1CO1. The van der Waals surface area contributed by atoms with Gasteiger partial charge in [-0.25, -0.2) is 0 Å². The topological polar surface area (TPSA) is 77.1 Å². The largest absolute Gasteiger partial charge is 0.566 e. The minimum absolute atomic E-state index is 0.292. The number of epoxide rings is 1. The molecule has 8 nitrogen and oxygen atoms in total. The molecule has 1 heterocycles. The average Bonchev–Trinajstić information content (AvgIpc) is 3.59. The van der Waals surface area contributed by atoms with Crippen LogP contribution in [0.2, 0.25) is 0 Å². The van der Waals surface area contributed by atoms with Gasteiger partial charge in [-0.1, -0.05) is 20.8 Å². The summed E-state index contributed by atoms with van der Waals surface area (Å²) in [5.74, 6) is 0. The first-order valence-electron chi connectivity index (χ1n) is 11.4. The first-order valence-corrected chi connectivity index (χ1v) is 13.1. The van der Waals surface area contributed by atoms with E-state index in [4.69, 9.17) is 37.0 Å². The van der Waals surface area contributed by atoms with Crippen LogP contribution in [-0.2, 0) is 37.0 Å². The molecule has 30 heavy (non-hydrogen) atoms. The van der Waals surface area contributed by atoms with Gasteiger partial charge in [0, 0.05) is 47.3 Å². The molecule has 1 fully saturated rings. The third-order valence-electron chi connectivity index (χ3n) is 4.79. The molecule has 0 amide bonds. The molecule has 180 valence electrons. The molecule has 0 aromatic heterocycles. The lowest BCUT2D eigenvalue weighted by Crippen LogP contribution is -2.72.